The normalized spacial score (nSPS) is 10.6. The lowest BCUT2D eigenvalue weighted by Crippen LogP contribution is -2.09. The molecule has 3 aromatic rings. The number of benzene rings is 3. The van der Waals surface area contributed by atoms with Gasteiger partial charge in [0, 0.05) is 40.6 Å². The first-order chi connectivity index (χ1) is 18.7. The van der Waals surface area contributed by atoms with Crippen molar-refractivity contribution in [2.75, 3.05) is 13.2 Å². The van der Waals surface area contributed by atoms with Gasteiger partial charge in [0.2, 0.25) is 0 Å². The molecule has 0 saturated heterocycles. The zero-order chi connectivity index (χ0) is 28.4. The molecule has 0 spiro atoms. The third-order valence-corrected chi connectivity index (χ3v) is 6.38. The molecule has 0 aliphatic rings. The fourth-order valence-corrected chi connectivity index (χ4v) is 4.51. The lowest BCUT2D eigenvalue weighted by Gasteiger charge is -2.17. The molecule has 0 atom stereocenters. The van der Waals surface area contributed by atoms with Gasteiger partial charge in [-0.3, -0.25) is 0 Å². The summed E-state index contributed by atoms with van der Waals surface area (Å²) in [6.45, 7) is 6.55. The molecule has 3 N–H and O–H groups in total. The monoisotopic (exact) mass is 549 g/mol. The van der Waals surface area contributed by atoms with E-state index >= 15 is 0 Å². The first-order valence-electron chi connectivity index (χ1n) is 13.1. The number of nitrogens with one attached hydrogen (secondary N) is 1. The van der Waals surface area contributed by atoms with Crippen LogP contribution in [0.25, 0.3) is 0 Å². The van der Waals surface area contributed by atoms with E-state index in [2.05, 4.69) is 6.92 Å². The Bertz CT molecular complexity index is 1340. The summed E-state index contributed by atoms with van der Waals surface area (Å²) in [5.41, 5.74) is 2.93. The van der Waals surface area contributed by atoms with Crippen molar-refractivity contribution < 1.29 is 29.2 Å². The number of carboxylic acids is 1. The highest BCUT2D eigenvalue weighted by Crippen LogP contribution is 2.35. The van der Waals surface area contributed by atoms with Crippen LogP contribution in [0.5, 0.6) is 28.7 Å². The topological polar surface area (TPSA) is 109 Å². The van der Waals surface area contributed by atoms with Gasteiger partial charge in [-0.15, -0.1) is 0 Å². The van der Waals surface area contributed by atoms with Crippen LogP contribution in [0, 0.1) is 5.41 Å². The van der Waals surface area contributed by atoms with Crippen LogP contribution in [-0.2, 0) is 12.8 Å². The Hall–Kier alpha value is -3.91. The minimum atomic E-state index is -1.05. The molecule has 0 aliphatic heterocycles. The molecule has 3 aromatic carbocycles. The molecule has 7 nitrogen and oxygen atoms in total. The molecule has 0 unspecified atom stereocenters. The van der Waals surface area contributed by atoms with Crippen molar-refractivity contribution in [3.63, 3.8) is 0 Å². The van der Waals surface area contributed by atoms with Gasteiger partial charge >= 0.3 is 5.97 Å². The molecule has 0 saturated carbocycles. The van der Waals surface area contributed by atoms with E-state index in [0.29, 0.717) is 72.3 Å². The molecule has 0 radical (unpaired) electrons. The van der Waals surface area contributed by atoms with Crippen molar-refractivity contribution in [3.8, 4) is 28.7 Å². The Kier molecular flexibility index (Phi) is 10.9. The highest BCUT2D eigenvalue weighted by Gasteiger charge is 2.16. The van der Waals surface area contributed by atoms with E-state index in [0.717, 1.165) is 17.5 Å². The number of carboxylic acid groups (broad SMARTS) is 1. The van der Waals surface area contributed by atoms with Gasteiger partial charge in [0.25, 0.3) is 0 Å². The number of carbonyl (C=O) groups is 1. The first kappa shape index (κ1) is 29.6. The van der Waals surface area contributed by atoms with Crippen molar-refractivity contribution in [1.29, 1.82) is 5.41 Å². The van der Waals surface area contributed by atoms with E-state index in [1.54, 1.807) is 31.2 Å². The molecule has 206 valence electrons. The van der Waals surface area contributed by atoms with E-state index in [1.165, 1.54) is 6.07 Å². The Morgan fingerprint density at radius 2 is 1.59 bits per heavy atom. The van der Waals surface area contributed by atoms with Crippen LogP contribution in [0.15, 0.2) is 54.6 Å². The first-order valence-corrected chi connectivity index (χ1v) is 13.5. The average molecular weight is 550 g/mol. The standard InChI is InChI=1S/C31H35NO6S/c1-4-10-22-26(13-8-14-27(22)38-28-12-7-6-11-23(28)31(34)35)36-15-9-16-37-29-19-25(33)24(18-21(29)5-2)30(39)17-20(3)32/h6-8,11-14,18-19,32-33H,4-5,9-10,15-17H2,1-3H3,(H,34,35). The van der Waals surface area contributed by atoms with Gasteiger partial charge in [0.1, 0.15) is 34.3 Å². The molecule has 0 bridgehead atoms. The van der Waals surface area contributed by atoms with Gasteiger partial charge < -0.3 is 29.8 Å². The second-order valence-electron chi connectivity index (χ2n) is 9.15. The van der Waals surface area contributed by atoms with Crippen LogP contribution in [-0.4, -0.2) is 40.0 Å². The zero-order valence-electron chi connectivity index (χ0n) is 22.6. The molecule has 8 heteroatoms. The van der Waals surface area contributed by atoms with E-state index < -0.39 is 5.97 Å². The number of hydrogen-bond donors (Lipinski definition) is 3. The summed E-state index contributed by atoms with van der Waals surface area (Å²) in [6, 6.07) is 15.5. The van der Waals surface area contributed by atoms with Crippen molar-refractivity contribution in [3.05, 3.63) is 76.9 Å². The van der Waals surface area contributed by atoms with Crippen molar-refractivity contribution in [1.82, 2.24) is 0 Å². The molecule has 0 fully saturated rings. The molecule has 3 rings (SSSR count). The maximum Gasteiger partial charge on any atom is 0.339 e. The van der Waals surface area contributed by atoms with Gasteiger partial charge in [0.05, 0.1) is 13.2 Å². The smallest absolute Gasteiger partial charge is 0.339 e. The summed E-state index contributed by atoms with van der Waals surface area (Å²) in [6.07, 6.45) is 3.23. The van der Waals surface area contributed by atoms with E-state index in [-0.39, 0.29) is 17.1 Å². The Labute approximate surface area is 234 Å². The van der Waals surface area contributed by atoms with E-state index in [4.69, 9.17) is 31.8 Å². The quantitative estimate of drug-likeness (QED) is 0.0784. The molecule has 0 heterocycles. The van der Waals surface area contributed by atoms with Gasteiger partial charge in [-0.2, -0.15) is 0 Å². The zero-order valence-corrected chi connectivity index (χ0v) is 23.4. The fourth-order valence-electron chi connectivity index (χ4n) is 4.13. The van der Waals surface area contributed by atoms with Gasteiger partial charge in [0.15, 0.2) is 0 Å². The summed E-state index contributed by atoms with van der Waals surface area (Å²) in [4.78, 5) is 12.1. The molecular weight excluding hydrogens is 514 g/mol. The minimum absolute atomic E-state index is 0.0511. The SMILES string of the molecule is CCCc1c(OCCCOc2cc(O)c(C(=S)CC(C)=N)cc2CC)cccc1Oc1ccccc1C(=O)O. The van der Waals surface area contributed by atoms with Crippen LogP contribution in [0.2, 0.25) is 0 Å². The number of hydrogen-bond acceptors (Lipinski definition) is 7. The predicted molar refractivity (Wildman–Crippen MR) is 157 cm³/mol. The number of aromatic hydroxyl groups is 1. The summed E-state index contributed by atoms with van der Waals surface area (Å²) >= 11 is 5.40. The second-order valence-corrected chi connectivity index (χ2v) is 9.64. The lowest BCUT2D eigenvalue weighted by molar-refractivity contribution is 0.0694. The Morgan fingerprint density at radius 3 is 2.26 bits per heavy atom. The van der Waals surface area contributed by atoms with E-state index in [1.807, 2.05) is 31.2 Å². The minimum Gasteiger partial charge on any atom is -0.507 e. The number of rotatable bonds is 15. The highest BCUT2D eigenvalue weighted by atomic mass is 32.1. The number of ether oxygens (including phenoxy) is 3. The summed E-state index contributed by atoms with van der Waals surface area (Å²) in [5, 5.41) is 27.7. The van der Waals surface area contributed by atoms with E-state index in [9.17, 15) is 15.0 Å². The highest BCUT2D eigenvalue weighted by molar-refractivity contribution is 7.81. The number of para-hydroxylation sites is 1. The van der Waals surface area contributed by atoms with Crippen LogP contribution < -0.4 is 14.2 Å². The molecular formula is C31H35NO6S. The summed E-state index contributed by atoms with van der Waals surface area (Å²) < 4.78 is 18.1. The van der Waals surface area contributed by atoms with Crippen molar-refractivity contribution >= 4 is 28.8 Å². The molecule has 0 aromatic heterocycles. The van der Waals surface area contributed by atoms with Crippen molar-refractivity contribution in [2.24, 2.45) is 0 Å². The van der Waals surface area contributed by atoms with Crippen LogP contribution in [0.1, 0.15) is 67.1 Å². The molecule has 0 aliphatic carbocycles. The number of aromatic carboxylic acids is 1. The Morgan fingerprint density at radius 1 is 0.923 bits per heavy atom. The second kappa shape index (κ2) is 14.3. The van der Waals surface area contributed by atoms with Gasteiger partial charge in [-0.1, -0.05) is 50.7 Å². The van der Waals surface area contributed by atoms with Crippen molar-refractivity contribution in [2.45, 2.75) is 52.9 Å². The fraction of sp³-hybridized carbons (Fsp3) is 0.323. The van der Waals surface area contributed by atoms with Crippen LogP contribution >= 0.6 is 12.2 Å². The van der Waals surface area contributed by atoms with Crippen LogP contribution in [0.3, 0.4) is 0 Å². The maximum atomic E-state index is 11.6. The number of thiocarbonyl (C=S) groups is 1. The number of phenolic OH excluding ortho intramolecular Hbond substituents is 1. The third kappa shape index (κ3) is 8.04. The summed E-state index contributed by atoms with van der Waals surface area (Å²) in [5.74, 6) is 1.14. The molecule has 39 heavy (non-hydrogen) atoms. The largest absolute Gasteiger partial charge is 0.507 e. The van der Waals surface area contributed by atoms with Crippen LogP contribution in [0.4, 0.5) is 0 Å². The van der Waals surface area contributed by atoms with Gasteiger partial charge in [-0.25, -0.2) is 4.79 Å². The lowest BCUT2D eigenvalue weighted by atomic mass is 10.0. The average Bonchev–Trinajstić information content (AvgIpc) is 2.90. The summed E-state index contributed by atoms with van der Waals surface area (Å²) in [7, 11) is 0. The predicted octanol–water partition coefficient (Wildman–Crippen LogP) is 7.39. The molecule has 0 amide bonds. The number of phenols is 1. The van der Waals surface area contributed by atoms with Gasteiger partial charge in [-0.05, 0) is 55.7 Å². The number of aryl methyl sites for hydroxylation is 1. The third-order valence-electron chi connectivity index (χ3n) is 6.02. The Balaban J connectivity index is 1.65. The maximum absolute atomic E-state index is 11.6.